The Morgan fingerprint density at radius 1 is 1.07 bits per heavy atom. The van der Waals surface area contributed by atoms with Gasteiger partial charge in [0, 0.05) is 23.8 Å². The summed E-state index contributed by atoms with van der Waals surface area (Å²) in [7, 11) is 0. The number of nitrogens with two attached hydrogens (primary N) is 1. The highest BCUT2D eigenvalue weighted by Gasteiger charge is 2.39. The number of carbonyl (C=O) groups excluding carboxylic acids is 4. The second-order valence-electron chi connectivity index (χ2n) is 11.0. The maximum atomic E-state index is 13.6. The van der Waals surface area contributed by atoms with Crippen LogP contribution >= 0.6 is 0 Å². The third-order valence-corrected chi connectivity index (χ3v) is 7.41. The average molecular weight is 615 g/mol. The second-order valence-corrected chi connectivity index (χ2v) is 11.0. The highest BCUT2D eigenvalue weighted by molar-refractivity contribution is 6.08. The summed E-state index contributed by atoms with van der Waals surface area (Å²) >= 11 is 0. The van der Waals surface area contributed by atoms with Gasteiger partial charge in [-0.15, -0.1) is 0 Å². The van der Waals surface area contributed by atoms with Crippen LogP contribution in [0, 0.1) is 13.8 Å². The molecule has 1 heterocycles. The van der Waals surface area contributed by atoms with Gasteiger partial charge in [-0.25, -0.2) is 19.7 Å². The minimum Gasteiger partial charge on any atom is -0.508 e. The Hall–Kier alpha value is -5.46. The first-order valence-electron chi connectivity index (χ1n) is 14.5. The summed E-state index contributed by atoms with van der Waals surface area (Å²) in [5.74, 6) is -1.13. The minimum atomic E-state index is -0.932. The topological polar surface area (TPSA) is 189 Å². The molecule has 3 aromatic rings. The van der Waals surface area contributed by atoms with Crippen molar-refractivity contribution in [1.29, 1.82) is 0 Å². The number of nitrogens with one attached hydrogen (secondary N) is 2. The Kier molecular flexibility index (Phi) is 9.26. The first-order chi connectivity index (χ1) is 21.6. The molecule has 234 valence electrons. The van der Waals surface area contributed by atoms with Crippen molar-refractivity contribution in [2.24, 2.45) is 15.7 Å². The molecule has 0 saturated heterocycles. The number of hydrogen-bond acceptors (Lipinski definition) is 8. The number of aryl methyl sites for hydroxylation is 1. The van der Waals surface area contributed by atoms with E-state index in [4.69, 9.17) is 15.2 Å². The van der Waals surface area contributed by atoms with E-state index >= 15 is 0 Å². The summed E-state index contributed by atoms with van der Waals surface area (Å²) in [4.78, 5) is 64.3. The van der Waals surface area contributed by atoms with E-state index in [-0.39, 0.29) is 41.6 Å². The molecule has 2 fully saturated rings. The zero-order valence-electron chi connectivity index (χ0n) is 24.9. The van der Waals surface area contributed by atoms with Crippen LogP contribution in [-0.2, 0) is 20.7 Å². The number of aliphatic imine (C=N–C) groups is 2. The number of nitrogens with zero attached hydrogens (tertiary/aromatic N) is 3. The summed E-state index contributed by atoms with van der Waals surface area (Å²) < 4.78 is 10.2. The van der Waals surface area contributed by atoms with E-state index in [0.717, 1.165) is 29.6 Å². The molecule has 0 aliphatic heterocycles. The summed E-state index contributed by atoms with van der Waals surface area (Å²) in [6.07, 6.45) is 4.85. The number of aromatic nitrogens is 1. The maximum Gasteiger partial charge on any atom is 0.419 e. The van der Waals surface area contributed by atoms with Crippen molar-refractivity contribution in [2.75, 3.05) is 6.79 Å². The molecule has 2 aliphatic rings. The van der Waals surface area contributed by atoms with E-state index < -0.39 is 24.8 Å². The predicted molar refractivity (Wildman–Crippen MR) is 165 cm³/mol. The van der Waals surface area contributed by atoms with Gasteiger partial charge in [-0.3, -0.25) is 14.4 Å². The van der Waals surface area contributed by atoms with Crippen molar-refractivity contribution < 1.29 is 33.8 Å². The number of aromatic hydroxyl groups is 1. The van der Waals surface area contributed by atoms with Crippen LogP contribution in [0.4, 0.5) is 10.5 Å². The lowest BCUT2D eigenvalue weighted by atomic mass is 10.1. The molecule has 2 aliphatic carbocycles. The van der Waals surface area contributed by atoms with Crippen LogP contribution in [0.3, 0.4) is 0 Å². The molecule has 13 nitrogen and oxygen atoms in total. The quantitative estimate of drug-likeness (QED) is 0.115. The van der Waals surface area contributed by atoms with E-state index in [0.29, 0.717) is 40.9 Å². The molecular weight excluding hydrogens is 580 g/mol. The molecule has 1 aromatic heterocycles. The molecule has 5 rings (SSSR count). The van der Waals surface area contributed by atoms with E-state index in [1.807, 2.05) is 6.92 Å². The van der Waals surface area contributed by atoms with Gasteiger partial charge in [0.2, 0.25) is 6.79 Å². The number of phenolic OH excluding ortho intramolecular Hbond substituents is 1. The molecule has 2 aromatic carbocycles. The van der Waals surface area contributed by atoms with Crippen molar-refractivity contribution in [1.82, 2.24) is 15.2 Å². The van der Waals surface area contributed by atoms with Crippen LogP contribution in [0.15, 0.2) is 58.6 Å². The molecule has 45 heavy (non-hydrogen) atoms. The number of phenols is 1. The van der Waals surface area contributed by atoms with E-state index in [1.54, 1.807) is 43.5 Å². The zero-order chi connectivity index (χ0) is 32.1. The molecule has 0 spiro atoms. The van der Waals surface area contributed by atoms with Crippen molar-refractivity contribution in [3.63, 3.8) is 0 Å². The molecule has 2 saturated carbocycles. The number of imide groups is 1. The van der Waals surface area contributed by atoms with Crippen LogP contribution in [-0.4, -0.2) is 69.9 Å². The average Bonchev–Trinajstić information content (AvgIpc) is 3.95. The number of ether oxygens (including phenoxy) is 2. The Balaban J connectivity index is 1.29. The number of amides is 3. The van der Waals surface area contributed by atoms with Gasteiger partial charge < -0.3 is 30.6 Å². The number of esters is 1. The normalized spacial score (nSPS) is 14.7. The molecule has 13 heteroatoms. The van der Waals surface area contributed by atoms with Crippen molar-refractivity contribution >= 4 is 41.7 Å². The van der Waals surface area contributed by atoms with Crippen LogP contribution in [0.2, 0.25) is 0 Å². The van der Waals surface area contributed by atoms with Gasteiger partial charge in [0.1, 0.15) is 5.75 Å². The van der Waals surface area contributed by atoms with Gasteiger partial charge in [-0.05, 0) is 80.5 Å². The summed E-state index contributed by atoms with van der Waals surface area (Å²) in [5.41, 5.74) is 9.19. The standard InChI is InChI=1S/C32H34N6O7/c1-18-3-6-21(14-26(18)37-29(35-16-33)28-19(2)25(15-34-28)30(41)36-22-7-8-22)31(42)38(23-9-10-23)32(43)45-17-44-27(40)13-20-4-11-24(39)12-5-20/h3-6,11-12,14-16,22-23,34,39H,7-10,13,17H2,1-2H3,(H,36,41)(H2,33,35,37). The number of aromatic amines is 1. The molecule has 0 bridgehead atoms. The van der Waals surface area contributed by atoms with Crippen LogP contribution in [0.25, 0.3) is 0 Å². The number of hydrogen-bond donors (Lipinski definition) is 4. The first kappa shape index (κ1) is 31.0. The lowest BCUT2D eigenvalue weighted by molar-refractivity contribution is -0.151. The Morgan fingerprint density at radius 2 is 1.80 bits per heavy atom. The fourth-order valence-electron chi connectivity index (χ4n) is 4.57. The molecule has 3 amide bonds. The van der Waals surface area contributed by atoms with E-state index in [1.165, 1.54) is 12.1 Å². The van der Waals surface area contributed by atoms with Gasteiger partial charge in [0.25, 0.3) is 11.8 Å². The number of benzene rings is 2. The fraction of sp³-hybridized carbons (Fsp3) is 0.312. The highest BCUT2D eigenvalue weighted by atomic mass is 16.7. The third-order valence-electron chi connectivity index (χ3n) is 7.41. The maximum absolute atomic E-state index is 13.6. The summed E-state index contributed by atoms with van der Waals surface area (Å²) in [6, 6.07) is 10.7. The first-order valence-corrected chi connectivity index (χ1v) is 14.5. The Bertz CT molecular complexity index is 1670. The van der Waals surface area contributed by atoms with Crippen molar-refractivity contribution in [3.8, 4) is 5.75 Å². The SMILES string of the molecule is Cc1ccc(C(=O)N(C(=O)OCOC(=O)Cc2ccc(O)cc2)C2CC2)cc1N=C(N=CN)c1[nH]cc(C(=O)NC2CC2)c1C. The van der Waals surface area contributed by atoms with Gasteiger partial charge >= 0.3 is 12.1 Å². The summed E-state index contributed by atoms with van der Waals surface area (Å²) in [5, 5.41) is 12.3. The van der Waals surface area contributed by atoms with Gasteiger partial charge in [-0.2, -0.15) is 0 Å². The summed E-state index contributed by atoms with van der Waals surface area (Å²) in [6.45, 7) is 2.93. The Labute approximate surface area is 259 Å². The minimum absolute atomic E-state index is 0.0712. The molecule has 0 unspecified atom stereocenters. The van der Waals surface area contributed by atoms with Crippen molar-refractivity contribution in [3.05, 3.63) is 82.2 Å². The zero-order valence-corrected chi connectivity index (χ0v) is 24.9. The van der Waals surface area contributed by atoms with Crippen molar-refractivity contribution in [2.45, 2.75) is 58.0 Å². The number of amidine groups is 1. The monoisotopic (exact) mass is 614 g/mol. The molecule has 0 radical (unpaired) electrons. The number of carbonyl (C=O) groups is 4. The number of rotatable bonds is 10. The van der Waals surface area contributed by atoms with Crippen LogP contribution in [0.1, 0.15) is 68.8 Å². The van der Waals surface area contributed by atoms with Crippen LogP contribution < -0.4 is 11.1 Å². The van der Waals surface area contributed by atoms with Gasteiger partial charge in [-0.1, -0.05) is 18.2 Å². The van der Waals surface area contributed by atoms with Gasteiger partial charge in [0.05, 0.1) is 29.7 Å². The van der Waals surface area contributed by atoms with Gasteiger partial charge in [0.15, 0.2) is 5.84 Å². The second kappa shape index (κ2) is 13.5. The smallest absolute Gasteiger partial charge is 0.419 e. The molecule has 5 N–H and O–H groups in total. The number of H-pyrrole nitrogens is 1. The van der Waals surface area contributed by atoms with E-state index in [9.17, 15) is 24.3 Å². The predicted octanol–water partition coefficient (Wildman–Crippen LogP) is 3.78. The fourth-order valence-corrected chi connectivity index (χ4v) is 4.57. The molecular formula is C32H34N6O7. The van der Waals surface area contributed by atoms with Crippen LogP contribution in [0.5, 0.6) is 5.75 Å². The lowest BCUT2D eigenvalue weighted by Crippen LogP contribution is -2.39. The lowest BCUT2D eigenvalue weighted by Gasteiger charge is -2.20. The highest BCUT2D eigenvalue weighted by Crippen LogP contribution is 2.31. The third kappa shape index (κ3) is 7.74. The van der Waals surface area contributed by atoms with E-state index in [2.05, 4.69) is 20.3 Å². The largest absolute Gasteiger partial charge is 0.508 e. The Morgan fingerprint density at radius 3 is 2.47 bits per heavy atom. The molecule has 0 atom stereocenters.